The molecule has 0 radical (unpaired) electrons. The molecule has 7 nitrogen and oxygen atoms in total. The molecular formula is C26H27ClN2O5. The number of anilines is 1. The van der Waals surface area contributed by atoms with Gasteiger partial charge in [0.25, 0.3) is 5.91 Å². The van der Waals surface area contributed by atoms with Crippen molar-refractivity contribution >= 4 is 29.1 Å². The third-order valence-electron chi connectivity index (χ3n) is 5.97. The van der Waals surface area contributed by atoms with E-state index in [2.05, 4.69) is 5.32 Å². The Morgan fingerprint density at radius 2 is 1.82 bits per heavy atom. The minimum atomic E-state index is -1.07. The largest absolute Gasteiger partial charge is 0.493 e. The molecule has 0 saturated heterocycles. The van der Waals surface area contributed by atoms with E-state index in [1.807, 2.05) is 0 Å². The first-order valence-corrected chi connectivity index (χ1v) is 11.5. The maximum Gasteiger partial charge on any atom is 0.294 e. The summed E-state index contributed by atoms with van der Waals surface area (Å²) in [4.78, 5) is 29.0. The molecule has 0 bridgehead atoms. The third kappa shape index (κ3) is 4.89. The second kappa shape index (κ2) is 10.7. The highest BCUT2D eigenvalue weighted by molar-refractivity contribution is 6.31. The van der Waals surface area contributed by atoms with Gasteiger partial charge in [-0.3, -0.25) is 14.5 Å². The van der Waals surface area contributed by atoms with E-state index >= 15 is 0 Å². The smallest absolute Gasteiger partial charge is 0.294 e. The van der Waals surface area contributed by atoms with Crippen LogP contribution in [-0.2, 0) is 4.79 Å². The van der Waals surface area contributed by atoms with Crippen LogP contribution in [0, 0.1) is 0 Å². The number of benzene rings is 2. The molecule has 4 rings (SSSR count). The van der Waals surface area contributed by atoms with Gasteiger partial charge in [0.2, 0.25) is 5.91 Å². The number of rotatable bonds is 8. The van der Waals surface area contributed by atoms with Gasteiger partial charge >= 0.3 is 0 Å². The van der Waals surface area contributed by atoms with E-state index in [4.69, 9.17) is 25.5 Å². The lowest BCUT2D eigenvalue weighted by Crippen LogP contribution is -2.46. The minimum absolute atomic E-state index is 0.0477. The van der Waals surface area contributed by atoms with Crippen molar-refractivity contribution in [3.63, 3.8) is 0 Å². The van der Waals surface area contributed by atoms with E-state index in [-0.39, 0.29) is 17.7 Å². The van der Waals surface area contributed by atoms with E-state index in [1.54, 1.807) is 54.6 Å². The van der Waals surface area contributed by atoms with Gasteiger partial charge in [-0.15, -0.1) is 0 Å². The van der Waals surface area contributed by atoms with Gasteiger partial charge in [0.1, 0.15) is 6.04 Å². The summed E-state index contributed by atoms with van der Waals surface area (Å²) in [5.74, 6) is 0.119. The first-order valence-electron chi connectivity index (χ1n) is 11.2. The van der Waals surface area contributed by atoms with Gasteiger partial charge in [-0.1, -0.05) is 42.6 Å². The van der Waals surface area contributed by atoms with Crippen molar-refractivity contribution in [2.45, 2.75) is 37.8 Å². The molecule has 1 fully saturated rings. The second-order valence-electron chi connectivity index (χ2n) is 8.11. The van der Waals surface area contributed by atoms with Gasteiger partial charge in [-0.2, -0.15) is 0 Å². The van der Waals surface area contributed by atoms with E-state index in [0.29, 0.717) is 27.8 Å². The molecule has 1 atom stereocenters. The normalized spacial score (nSPS) is 14.4. The van der Waals surface area contributed by atoms with Gasteiger partial charge in [-0.25, -0.2) is 0 Å². The summed E-state index contributed by atoms with van der Waals surface area (Å²) in [6.45, 7) is 0. The number of nitrogens with zero attached hydrogens (tertiary/aromatic N) is 1. The standard InChI is InChI=1S/C26H27ClN2O5/c1-32-21-13-6-12-20(24(21)33-2)23(25(30)28-18-9-3-4-10-18)29(19-11-5-8-17(27)16-19)26(31)22-14-7-15-34-22/h5-8,11-16,18,23H,3-4,9-10H2,1-2H3,(H,28,30). The molecule has 1 saturated carbocycles. The van der Waals surface area contributed by atoms with Crippen molar-refractivity contribution in [2.24, 2.45) is 0 Å². The summed E-state index contributed by atoms with van der Waals surface area (Å²) < 4.78 is 16.6. The van der Waals surface area contributed by atoms with Crippen LogP contribution in [-0.4, -0.2) is 32.1 Å². The molecule has 2 aromatic carbocycles. The van der Waals surface area contributed by atoms with Crippen LogP contribution < -0.4 is 19.7 Å². The zero-order valence-electron chi connectivity index (χ0n) is 19.1. The Hall–Kier alpha value is -3.45. The molecule has 1 N–H and O–H groups in total. The molecule has 3 aromatic rings. The molecule has 8 heteroatoms. The summed E-state index contributed by atoms with van der Waals surface area (Å²) in [7, 11) is 3.03. The van der Waals surface area contributed by atoms with Crippen LogP contribution in [0.5, 0.6) is 11.5 Å². The Bertz CT molecular complexity index is 1140. The SMILES string of the molecule is COc1cccc(C(C(=O)NC2CCCC2)N(C(=O)c2ccco2)c2cccc(Cl)c2)c1OC. The molecule has 0 spiro atoms. The van der Waals surface area contributed by atoms with Crippen LogP contribution in [0.3, 0.4) is 0 Å². The van der Waals surface area contributed by atoms with Gasteiger partial charge in [0.15, 0.2) is 17.3 Å². The highest BCUT2D eigenvalue weighted by Crippen LogP contribution is 2.40. The van der Waals surface area contributed by atoms with Gasteiger partial charge in [-0.05, 0) is 49.2 Å². The van der Waals surface area contributed by atoms with Gasteiger partial charge < -0.3 is 19.2 Å². The summed E-state index contributed by atoms with van der Waals surface area (Å²) >= 11 is 6.29. The maximum absolute atomic E-state index is 13.9. The fourth-order valence-electron chi connectivity index (χ4n) is 4.40. The lowest BCUT2D eigenvalue weighted by atomic mass is 10.00. The predicted octanol–water partition coefficient (Wildman–Crippen LogP) is 5.40. The number of carbonyl (C=O) groups is 2. The summed E-state index contributed by atoms with van der Waals surface area (Å²) in [5, 5.41) is 3.57. The fraction of sp³-hybridized carbons (Fsp3) is 0.308. The number of hydrogen-bond acceptors (Lipinski definition) is 5. The second-order valence-corrected chi connectivity index (χ2v) is 8.54. The molecular weight excluding hydrogens is 456 g/mol. The molecule has 34 heavy (non-hydrogen) atoms. The molecule has 0 aliphatic heterocycles. The molecule has 1 aromatic heterocycles. The van der Waals surface area contributed by atoms with Crippen LogP contribution in [0.2, 0.25) is 5.02 Å². The number of nitrogens with one attached hydrogen (secondary N) is 1. The van der Waals surface area contributed by atoms with Crippen molar-refractivity contribution < 1.29 is 23.5 Å². The number of methoxy groups -OCH3 is 2. The first kappa shape index (κ1) is 23.7. The van der Waals surface area contributed by atoms with Gasteiger partial charge in [0.05, 0.1) is 20.5 Å². The van der Waals surface area contributed by atoms with Gasteiger partial charge in [0, 0.05) is 22.3 Å². The Morgan fingerprint density at radius 3 is 2.47 bits per heavy atom. The molecule has 1 unspecified atom stereocenters. The first-order chi connectivity index (χ1) is 16.5. The number of ether oxygens (including phenoxy) is 2. The summed E-state index contributed by atoms with van der Waals surface area (Å²) in [6.07, 6.45) is 5.33. The summed E-state index contributed by atoms with van der Waals surface area (Å²) in [5.41, 5.74) is 0.933. The topological polar surface area (TPSA) is 81.0 Å². The Balaban J connectivity index is 1.89. The Labute approximate surface area is 203 Å². The zero-order valence-corrected chi connectivity index (χ0v) is 19.9. The maximum atomic E-state index is 13.9. The molecule has 178 valence electrons. The lowest BCUT2D eigenvalue weighted by molar-refractivity contribution is -0.123. The summed E-state index contributed by atoms with van der Waals surface area (Å²) in [6, 6.07) is 14.3. The fourth-order valence-corrected chi connectivity index (χ4v) is 4.59. The van der Waals surface area contributed by atoms with Crippen LogP contribution in [0.25, 0.3) is 0 Å². The van der Waals surface area contributed by atoms with Crippen LogP contribution >= 0.6 is 11.6 Å². The molecule has 2 amide bonds. The minimum Gasteiger partial charge on any atom is -0.493 e. The van der Waals surface area contributed by atoms with Crippen molar-refractivity contribution in [1.29, 1.82) is 0 Å². The van der Waals surface area contributed by atoms with Crippen LogP contribution in [0.1, 0.15) is 47.8 Å². The third-order valence-corrected chi connectivity index (χ3v) is 6.21. The van der Waals surface area contributed by atoms with E-state index in [0.717, 1.165) is 25.7 Å². The van der Waals surface area contributed by atoms with Crippen LogP contribution in [0.15, 0.2) is 65.3 Å². The quantitative estimate of drug-likeness (QED) is 0.465. The Morgan fingerprint density at radius 1 is 1.06 bits per heavy atom. The number of hydrogen-bond donors (Lipinski definition) is 1. The predicted molar refractivity (Wildman–Crippen MR) is 130 cm³/mol. The number of para-hydroxylation sites is 1. The average Bonchev–Trinajstić information content (AvgIpc) is 3.56. The van der Waals surface area contributed by atoms with E-state index < -0.39 is 11.9 Å². The molecule has 1 aliphatic rings. The molecule has 1 heterocycles. The number of carbonyl (C=O) groups excluding carboxylic acids is 2. The van der Waals surface area contributed by atoms with Crippen molar-refractivity contribution in [3.8, 4) is 11.5 Å². The lowest BCUT2D eigenvalue weighted by Gasteiger charge is -2.32. The highest BCUT2D eigenvalue weighted by atomic mass is 35.5. The van der Waals surface area contributed by atoms with Crippen LogP contribution in [0.4, 0.5) is 5.69 Å². The van der Waals surface area contributed by atoms with Crippen molar-refractivity contribution in [1.82, 2.24) is 5.32 Å². The molecule has 1 aliphatic carbocycles. The number of halogens is 1. The van der Waals surface area contributed by atoms with E-state index in [9.17, 15) is 9.59 Å². The monoisotopic (exact) mass is 482 g/mol. The number of amides is 2. The highest BCUT2D eigenvalue weighted by Gasteiger charge is 2.38. The Kier molecular flexibility index (Phi) is 7.43. The number of furan rings is 1. The van der Waals surface area contributed by atoms with Crippen molar-refractivity contribution in [2.75, 3.05) is 19.1 Å². The zero-order chi connectivity index (χ0) is 24.1. The average molecular weight is 483 g/mol. The van der Waals surface area contributed by atoms with Crippen molar-refractivity contribution in [3.05, 3.63) is 77.2 Å². The van der Waals surface area contributed by atoms with E-state index in [1.165, 1.54) is 25.4 Å².